The topological polar surface area (TPSA) is 61.4 Å². The van der Waals surface area contributed by atoms with Gasteiger partial charge in [0.15, 0.2) is 0 Å². The first-order valence-corrected chi connectivity index (χ1v) is 9.99. The van der Waals surface area contributed by atoms with Crippen molar-refractivity contribution in [3.63, 3.8) is 0 Å². The largest absolute Gasteiger partial charge is 0.367 e. The van der Waals surface area contributed by atoms with Gasteiger partial charge in [-0.2, -0.15) is 0 Å². The van der Waals surface area contributed by atoms with Crippen molar-refractivity contribution in [1.29, 1.82) is 0 Å². The molecule has 1 N–H and O–H groups in total. The maximum Gasteiger partial charge on any atom is 0.257 e. The summed E-state index contributed by atoms with van der Waals surface area (Å²) in [6.45, 7) is 5.61. The number of hydrogen-bond acceptors (Lipinski definition) is 5. The minimum Gasteiger partial charge on any atom is -0.367 e. The van der Waals surface area contributed by atoms with Crippen molar-refractivity contribution in [3.05, 3.63) is 78.2 Å². The van der Waals surface area contributed by atoms with Crippen molar-refractivity contribution in [3.8, 4) is 0 Å². The zero-order valence-electron chi connectivity index (χ0n) is 16.6. The molecule has 3 heterocycles. The Kier molecular flexibility index (Phi) is 5.70. The third-order valence-corrected chi connectivity index (χ3v) is 5.22. The Balaban J connectivity index is 1.40. The predicted octanol–water partition coefficient (Wildman–Crippen LogP) is 3.62. The highest BCUT2D eigenvalue weighted by atomic mass is 16.1. The fourth-order valence-corrected chi connectivity index (χ4v) is 3.49. The third-order valence-electron chi connectivity index (χ3n) is 5.22. The average molecular weight is 387 g/mol. The molecule has 0 spiro atoms. The van der Waals surface area contributed by atoms with Crippen LogP contribution < -0.4 is 15.1 Å². The Morgan fingerprint density at radius 1 is 1.00 bits per heavy atom. The van der Waals surface area contributed by atoms with E-state index in [0.29, 0.717) is 5.56 Å². The number of piperazine rings is 1. The molecule has 1 aromatic carbocycles. The van der Waals surface area contributed by atoms with Gasteiger partial charge in [0.25, 0.3) is 5.91 Å². The highest BCUT2D eigenvalue weighted by molar-refractivity contribution is 6.04. The second-order valence-electron chi connectivity index (χ2n) is 7.10. The van der Waals surface area contributed by atoms with Crippen molar-refractivity contribution in [2.75, 3.05) is 41.3 Å². The summed E-state index contributed by atoms with van der Waals surface area (Å²) >= 11 is 0. The summed E-state index contributed by atoms with van der Waals surface area (Å²) in [6.07, 6.45) is 6.24. The number of pyridine rings is 2. The number of aromatic nitrogens is 2. The molecule has 6 nitrogen and oxygen atoms in total. The molecule has 0 radical (unpaired) electrons. The Hall–Kier alpha value is -3.41. The monoisotopic (exact) mass is 387 g/mol. The summed E-state index contributed by atoms with van der Waals surface area (Å²) in [4.78, 5) is 25.9. The normalized spacial score (nSPS) is 14.0. The van der Waals surface area contributed by atoms with E-state index < -0.39 is 0 Å². The first kappa shape index (κ1) is 18.9. The van der Waals surface area contributed by atoms with Crippen molar-refractivity contribution >= 4 is 23.1 Å². The summed E-state index contributed by atoms with van der Waals surface area (Å²) in [5, 5.41) is 2.95. The fourth-order valence-electron chi connectivity index (χ4n) is 3.49. The molecule has 1 amide bonds. The van der Waals surface area contributed by atoms with Crippen LogP contribution in [0.25, 0.3) is 0 Å². The molecule has 0 aliphatic carbocycles. The van der Waals surface area contributed by atoms with Gasteiger partial charge in [0, 0.05) is 44.3 Å². The third kappa shape index (κ3) is 4.54. The number of benzene rings is 1. The first-order chi connectivity index (χ1) is 14.2. The van der Waals surface area contributed by atoms with E-state index in [4.69, 9.17) is 0 Å². The number of carbonyl (C=O) groups is 1. The quantitative estimate of drug-likeness (QED) is 0.725. The van der Waals surface area contributed by atoms with Gasteiger partial charge in [-0.15, -0.1) is 0 Å². The lowest BCUT2D eigenvalue weighted by Gasteiger charge is -2.36. The van der Waals surface area contributed by atoms with Gasteiger partial charge in [0.2, 0.25) is 0 Å². The van der Waals surface area contributed by atoms with E-state index in [1.807, 2.05) is 60.9 Å². The molecule has 0 saturated carbocycles. The minimum atomic E-state index is -0.143. The van der Waals surface area contributed by atoms with E-state index in [9.17, 15) is 4.79 Å². The fraction of sp³-hybridized carbons (Fsp3) is 0.261. The van der Waals surface area contributed by atoms with Gasteiger partial charge < -0.3 is 15.1 Å². The Morgan fingerprint density at radius 3 is 2.45 bits per heavy atom. The number of carbonyl (C=O) groups excluding carboxylic acids is 1. The standard InChI is InChI=1S/C23H25N5O/c1-2-18-6-8-20(9-7-18)26-23(29)19-15-21(17-24-16-19)27-11-13-28(14-12-27)22-5-3-4-10-25-22/h3-10,15-17H,2,11-14H2,1H3,(H,26,29). The molecule has 6 heteroatoms. The van der Waals surface area contributed by atoms with E-state index in [1.165, 1.54) is 5.56 Å². The molecular formula is C23H25N5O. The molecule has 1 saturated heterocycles. The van der Waals surface area contributed by atoms with Crippen LogP contribution in [0.5, 0.6) is 0 Å². The van der Waals surface area contributed by atoms with Gasteiger partial charge in [0.05, 0.1) is 17.4 Å². The zero-order chi connectivity index (χ0) is 20.1. The summed E-state index contributed by atoms with van der Waals surface area (Å²) < 4.78 is 0. The number of rotatable bonds is 5. The van der Waals surface area contributed by atoms with E-state index in [-0.39, 0.29) is 5.91 Å². The molecule has 0 atom stereocenters. The molecule has 1 aliphatic heterocycles. The van der Waals surface area contributed by atoms with Gasteiger partial charge in [-0.1, -0.05) is 25.1 Å². The van der Waals surface area contributed by atoms with E-state index in [0.717, 1.165) is 49.8 Å². The number of anilines is 3. The van der Waals surface area contributed by atoms with Crippen LogP contribution in [0.2, 0.25) is 0 Å². The molecule has 0 bridgehead atoms. The molecule has 29 heavy (non-hydrogen) atoms. The lowest BCUT2D eigenvalue weighted by atomic mass is 10.1. The van der Waals surface area contributed by atoms with Gasteiger partial charge in [0.1, 0.15) is 5.82 Å². The van der Waals surface area contributed by atoms with Crippen LogP contribution in [-0.4, -0.2) is 42.1 Å². The van der Waals surface area contributed by atoms with Crippen molar-refractivity contribution in [2.45, 2.75) is 13.3 Å². The Bertz CT molecular complexity index is 951. The van der Waals surface area contributed by atoms with E-state index in [1.54, 1.807) is 6.20 Å². The smallest absolute Gasteiger partial charge is 0.257 e. The van der Waals surface area contributed by atoms with Crippen LogP contribution in [-0.2, 0) is 6.42 Å². The molecule has 3 aromatic rings. The SMILES string of the molecule is CCc1ccc(NC(=O)c2cncc(N3CCN(c4ccccn4)CC3)c2)cc1. The number of nitrogens with one attached hydrogen (secondary N) is 1. The maximum atomic E-state index is 12.7. The maximum absolute atomic E-state index is 12.7. The molecule has 2 aromatic heterocycles. The lowest BCUT2D eigenvalue weighted by Crippen LogP contribution is -2.46. The van der Waals surface area contributed by atoms with Crippen molar-refractivity contribution in [2.24, 2.45) is 0 Å². The second-order valence-corrected chi connectivity index (χ2v) is 7.10. The first-order valence-electron chi connectivity index (χ1n) is 9.99. The van der Waals surface area contributed by atoms with E-state index in [2.05, 4.69) is 32.0 Å². The second kappa shape index (κ2) is 8.73. The zero-order valence-corrected chi connectivity index (χ0v) is 16.6. The number of hydrogen-bond donors (Lipinski definition) is 1. The number of nitrogens with zero attached hydrogens (tertiary/aromatic N) is 4. The molecule has 148 valence electrons. The van der Waals surface area contributed by atoms with Gasteiger partial charge in [-0.3, -0.25) is 9.78 Å². The molecule has 4 rings (SSSR count). The van der Waals surface area contributed by atoms with Crippen LogP contribution in [0.15, 0.2) is 67.1 Å². The highest BCUT2D eigenvalue weighted by Gasteiger charge is 2.19. The van der Waals surface area contributed by atoms with E-state index >= 15 is 0 Å². The summed E-state index contributed by atoms with van der Waals surface area (Å²) in [5.74, 6) is 0.864. The number of amides is 1. The molecule has 1 aliphatic rings. The molecular weight excluding hydrogens is 362 g/mol. The molecule has 1 fully saturated rings. The Labute approximate surface area is 171 Å². The van der Waals surface area contributed by atoms with Crippen LogP contribution in [0, 0.1) is 0 Å². The Morgan fingerprint density at radius 2 is 1.76 bits per heavy atom. The average Bonchev–Trinajstić information content (AvgIpc) is 2.80. The van der Waals surface area contributed by atoms with Crippen LogP contribution in [0.4, 0.5) is 17.2 Å². The van der Waals surface area contributed by atoms with Gasteiger partial charge in [-0.25, -0.2) is 4.98 Å². The highest BCUT2D eigenvalue weighted by Crippen LogP contribution is 2.20. The summed E-state index contributed by atoms with van der Waals surface area (Å²) in [6, 6.07) is 15.8. The van der Waals surface area contributed by atoms with Gasteiger partial charge in [-0.05, 0) is 42.3 Å². The molecule has 0 unspecified atom stereocenters. The van der Waals surface area contributed by atoms with Gasteiger partial charge >= 0.3 is 0 Å². The lowest BCUT2D eigenvalue weighted by molar-refractivity contribution is 0.102. The van der Waals surface area contributed by atoms with Crippen LogP contribution in [0.3, 0.4) is 0 Å². The van der Waals surface area contributed by atoms with Crippen LogP contribution in [0.1, 0.15) is 22.8 Å². The number of aryl methyl sites for hydroxylation is 1. The minimum absolute atomic E-state index is 0.143. The van der Waals surface area contributed by atoms with Crippen molar-refractivity contribution in [1.82, 2.24) is 9.97 Å². The van der Waals surface area contributed by atoms with Crippen molar-refractivity contribution < 1.29 is 4.79 Å². The summed E-state index contributed by atoms with van der Waals surface area (Å²) in [5.41, 5.74) is 3.58. The van der Waals surface area contributed by atoms with Crippen LogP contribution >= 0.6 is 0 Å². The predicted molar refractivity (Wildman–Crippen MR) is 117 cm³/mol. The summed E-state index contributed by atoms with van der Waals surface area (Å²) in [7, 11) is 0.